The number of rotatable bonds is 17. The van der Waals surface area contributed by atoms with Crippen molar-refractivity contribution in [2.75, 3.05) is 19.8 Å². The summed E-state index contributed by atoms with van der Waals surface area (Å²) in [6.45, 7) is 20.6. The quantitative estimate of drug-likeness (QED) is 0.115. The fraction of sp³-hybridized carbons (Fsp3) is 0.825. The van der Waals surface area contributed by atoms with Crippen molar-refractivity contribution in [2.45, 2.75) is 265 Å². The molecule has 26 heteroatoms. The number of carbonyl (C=O) groups is 9. The molecular weight excluding hydrogens is 1170 g/mol. The summed E-state index contributed by atoms with van der Waals surface area (Å²) in [6.07, 6.45) is -15.0. The summed E-state index contributed by atoms with van der Waals surface area (Å²) in [7, 11) is 0. The monoisotopic (exact) mass is 1260 g/mol. The highest BCUT2D eigenvalue weighted by molar-refractivity contribution is 5.70. The molecule has 89 heavy (non-hydrogen) atoms. The molecule has 1 spiro atoms. The van der Waals surface area contributed by atoms with Gasteiger partial charge in [0.05, 0.1) is 18.3 Å². The Kier molecular flexibility index (Phi) is 21.0. The number of esters is 9. The second kappa shape index (κ2) is 27.5. The molecule has 26 atom stereocenters. The molecule has 5 saturated heterocycles. The van der Waals surface area contributed by atoms with Crippen molar-refractivity contribution in [3.8, 4) is 0 Å². The van der Waals surface area contributed by atoms with Crippen molar-refractivity contribution in [2.24, 2.45) is 46.3 Å². The predicted octanol–water partition coefficient (Wildman–Crippen LogP) is 4.92. The lowest BCUT2D eigenvalue weighted by Crippen LogP contribution is -2.69. The molecule has 26 nitrogen and oxygen atoms in total. The number of hydrogen-bond donors (Lipinski definition) is 1. The maximum atomic E-state index is 13.5. The number of ether oxygens (including phenoxy) is 16. The molecule has 8 fully saturated rings. The van der Waals surface area contributed by atoms with Crippen LogP contribution in [-0.2, 0) is 119 Å². The Labute approximate surface area is 518 Å². The van der Waals surface area contributed by atoms with Crippen molar-refractivity contribution >= 4 is 53.7 Å². The number of piperidine rings is 1. The van der Waals surface area contributed by atoms with E-state index in [9.17, 15) is 43.2 Å². The average Bonchev–Trinajstić information content (AvgIpc) is 1.58. The molecule has 0 bridgehead atoms. The second-order valence-electron chi connectivity index (χ2n) is 26.5. The van der Waals surface area contributed by atoms with Gasteiger partial charge in [0.2, 0.25) is 0 Å². The van der Waals surface area contributed by atoms with Gasteiger partial charge in [0.15, 0.2) is 61.6 Å². The minimum Gasteiger partial charge on any atom is -0.463 e. The highest BCUT2D eigenvalue weighted by atomic mass is 16.8. The van der Waals surface area contributed by atoms with E-state index in [1.165, 1.54) is 12.5 Å². The first-order chi connectivity index (χ1) is 41.9. The third kappa shape index (κ3) is 14.5. The molecule has 9 rings (SSSR count). The van der Waals surface area contributed by atoms with Crippen LogP contribution in [-0.4, -0.2) is 184 Å². The molecule has 0 unspecified atom stereocenters. The van der Waals surface area contributed by atoms with Crippen LogP contribution < -0.4 is 5.32 Å². The van der Waals surface area contributed by atoms with Gasteiger partial charge in [-0.15, -0.1) is 0 Å². The Hall–Kier alpha value is -5.35. The fourth-order valence-corrected chi connectivity index (χ4v) is 16.8. The van der Waals surface area contributed by atoms with Crippen LogP contribution in [0.1, 0.15) is 155 Å². The maximum absolute atomic E-state index is 13.5. The molecule has 0 amide bonds. The van der Waals surface area contributed by atoms with Gasteiger partial charge in [0, 0.05) is 74.8 Å². The Morgan fingerprint density at radius 1 is 0.517 bits per heavy atom. The summed E-state index contributed by atoms with van der Waals surface area (Å²) in [5, 5.41) is 3.86. The third-order valence-electron chi connectivity index (χ3n) is 20.4. The average molecular weight is 1260 g/mol. The molecule has 0 aromatic rings. The third-order valence-corrected chi connectivity index (χ3v) is 20.4. The molecule has 0 aromatic heterocycles. The molecule has 0 radical (unpaired) electrons. The summed E-state index contributed by atoms with van der Waals surface area (Å²) in [4.78, 5) is 116. The van der Waals surface area contributed by atoms with Crippen molar-refractivity contribution in [3.63, 3.8) is 0 Å². The van der Waals surface area contributed by atoms with Crippen molar-refractivity contribution in [3.05, 3.63) is 11.6 Å². The molecule has 4 aliphatic carbocycles. The normalized spacial score (nSPS) is 43.0. The molecular formula is C63H91NO25. The van der Waals surface area contributed by atoms with Gasteiger partial charge in [0.1, 0.15) is 43.4 Å². The molecule has 498 valence electrons. The highest BCUT2D eigenvalue weighted by Gasteiger charge is 2.69. The van der Waals surface area contributed by atoms with Crippen molar-refractivity contribution < 1.29 is 119 Å². The lowest BCUT2D eigenvalue weighted by molar-refractivity contribution is -0.394. The minimum atomic E-state index is -1.97. The molecule has 9 aliphatic rings. The second-order valence-corrected chi connectivity index (χ2v) is 26.5. The van der Waals surface area contributed by atoms with E-state index in [-0.39, 0.29) is 22.7 Å². The number of fused-ring (bicyclic) bond motifs is 7. The van der Waals surface area contributed by atoms with Gasteiger partial charge in [0.25, 0.3) is 0 Å². The Balaban J connectivity index is 1.10. The van der Waals surface area contributed by atoms with Crippen LogP contribution in [0.5, 0.6) is 0 Å². The topological polar surface area (TPSA) is 313 Å². The summed E-state index contributed by atoms with van der Waals surface area (Å²) in [5.41, 5.74) is 0.850. The molecule has 5 aliphatic heterocycles. The van der Waals surface area contributed by atoms with E-state index in [1.807, 2.05) is 0 Å². The minimum absolute atomic E-state index is 0.115. The zero-order chi connectivity index (χ0) is 64.8. The number of hydrogen-bond acceptors (Lipinski definition) is 26. The van der Waals surface area contributed by atoms with Crippen LogP contribution >= 0.6 is 0 Å². The van der Waals surface area contributed by atoms with Crippen LogP contribution in [0, 0.1) is 46.3 Å². The van der Waals surface area contributed by atoms with Crippen LogP contribution in [0.15, 0.2) is 11.6 Å². The van der Waals surface area contributed by atoms with Crippen LogP contribution in [0.2, 0.25) is 0 Å². The Morgan fingerprint density at radius 3 is 1.53 bits per heavy atom. The smallest absolute Gasteiger partial charge is 0.303 e. The fourth-order valence-electron chi connectivity index (χ4n) is 16.8. The van der Waals surface area contributed by atoms with Crippen molar-refractivity contribution in [1.29, 1.82) is 0 Å². The summed E-state index contributed by atoms with van der Waals surface area (Å²) >= 11 is 0. The van der Waals surface area contributed by atoms with E-state index in [0.29, 0.717) is 54.8 Å². The van der Waals surface area contributed by atoms with E-state index >= 15 is 0 Å². The number of allylic oxidation sites excluding steroid dienone is 1. The first-order valence-electron chi connectivity index (χ1n) is 31.4. The first kappa shape index (κ1) is 68.0. The van der Waals surface area contributed by atoms with E-state index in [1.54, 1.807) is 0 Å². The van der Waals surface area contributed by atoms with Crippen LogP contribution in [0.3, 0.4) is 0 Å². The van der Waals surface area contributed by atoms with Gasteiger partial charge in [-0.3, -0.25) is 48.5 Å². The predicted molar refractivity (Wildman–Crippen MR) is 302 cm³/mol. The van der Waals surface area contributed by atoms with Crippen LogP contribution in [0.25, 0.3) is 0 Å². The van der Waals surface area contributed by atoms with Crippen molar-refractivity contribution in [1.82, 2.24) is 5.32 Å². The Morgan fingerprint density at radius 2 is 1.00 bits per heavy atom. The van der Waals surface area contributed by atoms with Crippen LogP contribution in [0.4, 0.5) is 0 Å². The largest absolute Gasteiger partial charge is 0.463 e. The van der Waals surface area contributed by atoms with E-state index in [4.69, 9.17) is 75.8 Å². The zero-order valence-corrected chi connectivity index (χ0v) is 53.5. The van der Waals surface area contributed by atoms with Gasteiger partial charge in [-0.1, -0.05) is 39.3 Å². The lowest BCUT2D eigenvalue weighted by Gasteiger charge is -2.59. The molecule has 3 saturated carbocycles. The number of nitrogens with one attached hydrogen (secondary N) is 1. The summed E-state index contributed by atoms with van der Waals surface area (Å²) in [5.74, 6) is -5.11. The van der Waals surface area contributed by atoms with Gasteiger partial charge in [-0.05, 0) is 105 Å². The van der Waals surface area contributed by atoms with Gasteiger partial charge in [-0.25, -0.2) is 0 Å². The lowest BCUT2D eigenvalue weighted by atomic mass is 9.47. The van der Waals surface area contributed by atoms with Gasteiger partial charge >= 0.3 is 53.7 Å². The maximum Gasteiger partial charge on any atom is 0.303 e. The van der Waals surface area contributed by atoms with E-state index in [2.05, 4.69) is 39.1 Å². The van der Waals surface area contributed by atoms with Gasteiger partial charge < -0.3 is 75.8 Å². The molecule has 1 N–H and O–H groups in total. The van der Waals surface area contributed by atoms with E-state index in [0.717, 1.165) is 107 Å². The Bertz CT molecular complexity index is 2690. The number of carbonyl (C=O) groups excluding carboxylic acids is 9. The summed E-state index contributed by atoms with van der Waals surface area (Å²) in [6, 6.07) is 0. The van der Waals surface area contributed by atoms with Gasteiger partial charge in [-0.2, -0.15) is 0 Å². The highest BCUT2D eigenvalue weighted by Crippen LogP contribution is 2.70. The summed E-state index contributed by atoms with van der Waals surface area (Å²) < 4.78 is 99.3. The van der Waals surface area contributed by atoms with E-state index < -0.39 is 165 Å². The SMILES string of the molecule is CC(=O)OC[C@H]1O[C@@H](O[C@H]2CC[C@@]3(C)C(=CC[C@H]4[C@@H]5C[C@@H]6O[C@]7(CC[C@@H](C)CN7)[C@@H](C)[C@@H]6[C@@]5(C)CC[C@@H]43)C2)[C@H](O[C@@H]2O[C@@H](C)[C@H](OC(C)=O)[C@@H](OC(C)=O)[C@H]2OC(C)=O)[C@@H](O[C@@H]2O[C@H](COC(C)=O)[C@@H](OC(C)=O)[C@H](OC(C)=O)[C@H]2OC(C)=O)[C@H]1OC(C)=O. The zero-order valence-electron chi connectivity index (χ0n) is 53.5. The first-order valence-corrected chi connectivity index (χ1v) is 31.4. The molecule has 0 aromatic carbocycles. The molecule has 5 heterocycles. The standard InChI is InChI=1S/C63H91NO25/c1-28-17-22-63(64-25-28)29(2)48-45(89-63)24-44-42-16-15-40-23-41(18-20-61(40,13)43(42)19-21-62(44,48)14)84-59-57(88-58-55(82-38(11)72)52(80-36(9)70)49(30(3)76-58)77-33(6)67)54(51(79-35(8)69)47(85-59)27-75-32(5)66)87-60-56(83-39(12)73)53(81-37(10)71)50(78-34(7)68)46(86-60)26-74-31(4)65/h15,28-30,41-60,64H,16-27H2,1-14H3/t28-,29+,30+,41+,42-,43+,44+,45+,46-,47-,48+,49+,50-,51+,52-,53+,54+,55-,56-,57-,58+,59-,60+,61+,62+,63-/m1/s1.